The number of esters is 1. The molecule has 3 aromatic carbocycles. The SMILES string of the molecule is CC(C)CN(CC(O)C(=O)OC(C)(C)C)C(=O)N[C@@H](Cc1ccc(-c2ccc3ccccc3c2)cc1)C(=O)NO. The number of carbonyl (C=O) groups is 3. The van der Waals surface area contributed by atoms with Crippen LogP contribution in [0.4, 0.5) is 4.79 Å². The number of aliphatic hydroxyl groups is 1. The first-order chi connectivity index (χ1) is 18.9. The van der Waals surface area contributed by atoms with Crippen molar-refractivity contribution in [2.45, 2.75) is 58.8 Å². The second-order valence-electron chi connectivity index (χ2n) is 11.3. The third-order valence-corrected chi connectivity index (χ3v) is 6.15. The highest BCUT2D eigenvalue weighted by molar-refractivity contribution is 5.88. The number of hydrogen-bond donors (Lipinski definition) is 4. The van der Waals surface area contributed by atoms with Crippen LogP contribution in [0.15, 0.2) is 66.7 Å². The van der Waals surface area contributed by atoms with Crippen LogP contribution >= 0.6 is 0 Å². The molecule has 0 radical (unpaired) electrons. The van der Waals surface area contributed by atoms with Crippen molar-refractivity contribution in [2.75, 3.05) is 13.1 Å². The number of fused-ring (bicyclic) bond motifs is 1. The summed E-state index contributed by atoms with van der Waals surface area (Å²) >= 11 is 0. The van der Waals surface area contributed by atoms with E-state index >= 15 is 0 Å². The second kappa shape index (κ2) is 13.4. The molecule has 0 aromatic heterocycles. The molecule has 0 saturated heterocycles. The average molecular weight is 550 g/mol. The molecule has 0 aliphatic heterocycles. The third kappa shape index (κ3) is 8.79. The molecule has 3 amide bonds. The van der Waals surface area contributed by atoms with Crippen LogP contribution in [0.1, 0.15) is 40.2 Å². The molecule has 9 nitrogen and oxygen atoms in total. The van der Waals surface area contributed by atoms with Crippen LogP contribution in [0.5, 0.6) is 0 Å². The summed E-state index contributed by atoms with van der Waals surface area (Å²) in [5.74, 6) is -1.61. The topological polar surface area (TPSA) is 128 Å². The lowest BCUT2D eigenvalue weighted by Crippen LogP contribution is -2.54. The van der Waals surface area contributed by atoms with E-state index in [1.165, 1.54) is 4.90 Å². The molecule has 3 aromatic rings. The molecule has 3 rings (SSSR count). The van der Waals surface area contributed by atoms with Crippen molar-refractivity contribution in [3.8, 4) is 11.1 Å². The number of amides is 3. The van der Waals surface area contributed by atoms with E-state index in [0.717, 1.165) is 27.5 Å². The van der Waals surface area contributed by atoms with E-state index in [4.69, 9.17) is 4.74 Å². The Bertz CT molecular complexity index is 1320. The van der Waals surface area contributed by atoms with Gasteiger partial charge in [-0.25, -0.2) is 15.1 Å². The van der Waals surface area contributed by atoms with Gasteiger partial charge >= 0.3 is 12.0 Å². The Morgan fingerprint density at radius 1 is 0.900 bits per heavy atom. The van der Waals surface area contributed by atoms with Gasteiger partial charge in [-0.1, -0.05) is 74.5 Å². The van der Waals surface area contributed by atoms with Crippen molar-refractivity contribution < 1.29 is 29.4 Å². The highest BCUT2D eigenvalue weighted by Crippen LogP contribution is 2.25. The lowest BCUT2D eigenvalue weighted by Gasteiger charge is -2.29. The van der Waals surface area contributed by atoms with Crippen molar-refractivity contribution in [3.63, 3.8) is 0 Å². The molecular weight excluding hydrogens is 510 g/mol. The minimum absolute atomic E-state index is 0.0179. The predicted octanol–water partition coefficient (Wildman–Crippen LogP) is 4.29. The van der Waals surface area contributed by atoms with E-state index in [-0.39, 0.29) is 25.4 Å². The summed E-state index contributed by atoms with van der Waals surface area (Å²) in [5, 5.41) is 24.6. The van der Waals surface area contributed by atoms with Gasteiger partial charge in [0.15, 0.2) is 6.10 Å². The number of hydroxylamine groups is 1. The molecule has 0 fully saturated rings. The average Bonchev–Trinajstić information content (AvgIpc) is 2.90. The number of rotatable bonds is 10. The van der Waals surface area contributed by atoms with Gasteiger partial charge < -0.3 is 20.1 Å². The van der Waals surface area contributed by atoms with Crippen molar-refractivity contribution in [1.29, 1.82) is 0 Å². The van der Waals surface area contributed by atoms with Gasteiger partial charge in [-0.05, 0) is 60.2 Å². The Morgan fingerprint density at radius 3 is 2.12 bits per heavy atom. The molecular formula is C31H39N3O6. The predicted molar refractivity (Wildman–Crippen MR) is 154 cm³/mol. The molecule has 0 saturated carbocycles. The Kier molecular flexibility index (Phi) is 10.3. The second-order valence-corrected chi connectivity index (χ2v) is 11.3. The van der Waals surface area contributed by atoms with Crippen LogP contribution < -0.4 is 10.8 Å². The molecule has 0 aliphatic carbocycles. The van der Waals surface area contributed by atoms with Crippen molar-refractivity contribution in [3.05, 3.63) is 72.3 Å². The van der Waals surface area contributed by atoms with Crippen LogP contribution in [0.25, 0.3) is 21.9 Å². The number of aliphatic hydroxyl groups excluding tert-OH is 1. The van der Waals surface area contributed by atoms with Gasteiger partial charge in [0.1, 0.15) is 11.6 Å². The maximum Gasteiger partial charge on any atom is 0.337 e. The largest absolute Gasteiger partial charge is 0.458 e. The van der Waals surface area contributed by atoms with Gasteiger partial charge in [-0.2, -0.15) is 0 Å². The zero-order valence-corrected chi connectivity index (χ0v) is 23.7. The normalized spacial score (nSPS) is 13.0. The maximum absolute atomic E-state index is 13.2. The summed E-state index contributed by atoms with van der Waals surface area (Å²) in [7, 11) is 0. The lowest BCUT2D eigenvalue weighted by molar-refractivity contribution is -0.165. The molecule has 0 heterocycles. The molecule has 2 atom stereocenters. The molecule has 0 spiro atoms. The summed E-state index contributed by atoms with van der Waals surface area (Å²) in [4.78, 5) is 39.2. The number of nitrogens with zero attached hydrogens (tertiary/aromatic N) is 1. The minimum Gasteiger partial charge on any atom is -0.458 e. The van der Waals surface area contributed by atoms with E-state index in [0.29, 0.717) is 0 Å². The summed E-state index contributed by atoms with van der Waals surface area (Å²) in [6.45, 7) is 8.73. The number of hydrogen-bond acceptors (Lipinski definition) is 6. The number of benzene rings is 3. The standard InChI is InChI=1S/C31H39N3O6/c1-20(2)18-34(19-27(35)29(37)40-31(3,4)5)30(38)32-26(28(36)33-39)16-21-10-12-23(13-11-21)25-15-14-22-8-6-7-9-24(22)17-25/h6-15,17,20,26-27,35,39H,16,18-19H2,1-5H3,(H,32,38)(H,33,36)/t26-,27?/m0/s1. The Balaban J connectivity index is 1.72. The number of urea groups is 1. The molecule has 40 heavy (non-hydrogen) atoms. The van der Waals surface area contributed by atoms with Gasteiger partial charge in [0.2, 0.25) is 0 Å². The molecule has 0 bridgehead atoms. The summed E-state index contributed by atoms with van der Waals surface area (Å²) in [6.07, 6.45) is -1.45. The van der Waals surface area contributed by atoms with E-state index in [9.17, 15) is 24.7 Å². The highest BCUT2D eigenvalue weighted by atomic mass is 16.6. The first-order valence-electron chi connectivity index (χ1n) is 13.3. The number of ether oxygens (including phenoxy) is 1. The van der Waals surface area contributed by atoms with E-state index in [1.54, 1.807) is 26.3 Å². The molecule has 4 N–H and O–H groups in total. The Hall–Kier alpha value is -3.95. The first kappa shape index (κ1) is 30.6. The molecule has 1 unspecified atom stereocenters. The van der Waals surface area contributed by atoms with E-state index in [1.807, 2.05) is 50.2 Å². The quantitative estimate of drug-likeness (QED) is 0.170. The minimum atomic E-state index is -1.56. The Labute approximate surface area is 235 Å². The van der Waals surface area contributed by atoms with Crippen LogP contribution in [-0.2, 0) is 20.7 Å². The van der Waals surface area contributed by atoms with Crippen LogP contribution in [-0.4, -0.2) is 64.0 Å². The van der Waals surface area contributed by atoms with Gasteiger partial charge in [0, 0.05) is 13.0 Å². The van der Waals surface area contributed by atoms with Crippen molar-refractivity contribution in [1.82, 2.24) is 15.7 Å². The molecule has 214 valence electrons. The van der Waals surface area contributed by atoms with Crippen LogP contribution in [0, 0.1) is 5.92 Å². The summed E-state index contributed by atoms with van der Waals surface area (Å²) < 4.78 is 5.22. The number of carbonyl (C=O) groups excluding carboxylic acids is 3. The number of nitrogens with one attached hydrogen (secondary N) is 2. The van der Waals surface area contributed by atoms with Crippen LogP contribution in [0.2, 0.25) is 0 Å². The van der Waals surface area contributed by atoms with Gasteiger partial charge in [-0.3, -0.25) is 10.0 Å². The third-order valence-electron chi connectivity index (χ3n) is 6.15. The summed E-state index contributed by atoms with van der Waals surface area (Å²) in [5.41, 5.74) is 3.64. The molecule has 0 aliphatic rings. The van der Waals surface area contributed by atoms with Gasteiger partial charge in [-0.15, -0.1) is 0 Å². The fourth-order valence-electron chi connectivity index (χ4n) is 4.30. The van der Waals surface area contributed by atoms with E-state index in [2.05, 4.69) is 35.6 Å². The van der Waals surface area contributed by atoms with Crippen LogP contribution in [0.3, 0.4) is 0 Å². The van der Waals surface area contributed by atoms with Gasteiger partial charge in [0.05, 0.1) is 6.54 Å². The highest BCUT2D eigenvalue weighted by Gasteiger charge is 2.29. The van der Waals surface area contributed by atoms with Gasteiger partial charge in [0.25, 0.3) is 5.91 Å². The lowest BCUT2D eigenvalue weighted by atomic mass is 9.98. The van der Waals surface area contributed by atoms with Crippen molar-refractivity contribution in [2.24, 2.45) is 5.92 Å². The summed E-state index contributed by atoms with van der Waals surface area (Å²) in [6, 6.07) is 20.2. The maximum atomic E-state index is 13.2. The zero-order chi connectivity index (χ0) is 29.4. The smallest absolute Gasteiger partial charge is 0.337 e. The molecule has 9 heteroatoms. The fourth-order valence-corrected chi connectivity index (χ4v) is 4.30. The monoisotopic (exact) mass is 549 g/mol. The first-order valence-corrected chi connectivity index (χ1v) is 13.3. The van der Waals surface area contributed by atoms with E-state index < -0.39 is 35.7 Å². The zero-order valence-electron chi connectivity index (χ0n) is 23.7. The van der Waals surface area contributed by atoms with Crippen molar-refractivity contribution >= 4 is 28.7 Å². The fraction of sp³-hybridized carbons (Fsp3) is 0.387. The Morgan fingerprint density at radius 2 is 1.52 bits per heavy atom.